The van der Waals surface area contributed by atoms with Gasteiger partial charge in [0, 0.05) is 23.9 Å². The molecule has 0 radical (unpaired) electrons. The Morgan fingerprint density at radius 3 is 2.67 bits per heavy atom. The Hall–Kier alpha value is -2.59. The molecule has 0 spiro atoms. The molecule has 180 valence electrons. The molecule has 2 aromatic rings. The molecule has 0 aliphatic heterocycles. The summed E-state index contributed by atoms with van der Waals surface area (Å²) in [5, 5.41) is 3.39. The van der Waals surface area contributed by atoms with E-state index in [0.29, 0.717) is 28.4 Å². The maximum atomic E-state index is 12.7. The minimum atomic E-state index is -3.54. The molecule has 33 heavy (non-hydrogen) atoms. The summed E-state index contributed by atoms with van der Waals surface area (Å²) in [6.45, 7) is 2.17. The van der Waals surface area contributed by atoms with Crippen LogP contribution in [0.1, 0.15) is 53.4 Å². The molecule has 0 saturated heterocycles. The first kappa shape index (κ1) is 25.0. The van der Waals surface area contributed by atoms with Gasteiger partial charge in [-0.05, 0) is 56.7 Å². The molecule has 0 unspecified atom stereocenters. The summed E-state index contributed by atoms with van der Waals surface area (Å²) in [5.74, 6) is -0.126. The molecule has 0 atom stereocenters. The number of esters is 1. The molecule has 0 saturated carbocycles. The minimum absolute atomic E-state index is 0.112. The Balaban J connectivity index is 1.68. The Morgan fingerprint density at radius 1 is 1.21 bits per heavy atom. The van der Waals surface area contributed by atoms with E-state index in [1.165, 1.54) is 22.8 Å². The lowest BCUT2D eigenvalue weighted by Gasteiger charge is -2.22. The first-order valence-electron chi connectivity index (χ1n) is 11.0. The number of rotatable bonds is 10. The fourth-order valence-electron chi connectivity index (χ4n) is 3.90. The number of hydrogen-bond acceptors (Lipinski definition) is 7. The Labute approximate surface area is 198 Å². The maximum Gasteiger partial charge on any atom is 0.341 e. The fourth-order valence-corrected chi connectivity index (χ4v) is 6.15. The largest absolute Gasteiger partial charge is 0.497 e. The van der Waals surface area contributed by atoms with Crippen molar-refractivity contribution in [1.29, 1.82) is 0 Å². The number of thiophene rings is 1. The van der Waals surface area contributed by atoms with Gasteiger partial charge in [0.1, 0.15) is 10.8 Å². The maximum absolute atomic E-state index is 12.7. The van der Waals surface area contributed by atoms with Crippen molar-refractivity contribution in [2.45, 2.75) is 45.4 Å². The highest BCUT2D eigenvalue weighted by Gasteiger charge is 2.27. The van der Waals surface area contributed by atoms with E-state index in [0.717, 1.165) is 42.4 Å². The average Bonchev–Trinajstić information content (AvgIpc) is 3.13. The van der Waals surface area contributed by atoms with E-state index in [4.69, 9.17) is 9.47 Å². The second kappa shape index (κ2) is 11.0. The van der Waals surface area contributed by atoms with Crippen LogP contribution in [0.15, 0.2) is 24.3 Å². The summed E-state index contributed by atoms with van der Waals surface area (Å²) in [6.07, 6.45) is 5.33. The van der Waals surface area contributed by atoms with E-state index in [2.05, 4.69) is 5.32 Å². The van der Waals surface area contributed by atoms with Crippen LogP contribution in [-0.4, -0.2) is 46.8 Å². The van der Waals surface area contributed by atoms with Crippen LogP contribution in [0.5, 0.6) is 5.75 Å². The van der Waals surface area contributed by atoms with Crippen molar-refractivity contribution in [3.05, 3.63) is 40.3 Å². The van der Waals surface area contributed by atoms with Crippen LogP contribution < -0.4 is 14.4 Å². The van der Waals surface area contributed by atoms with Crippen LogP contribution in [0.3, 0.4) is 0 Å². The molecule has 8 nitrogen and oxygen atoms in total. The predicted octanol–water partition coefficient (Wildman–Crippen LogP) is 4.00. The van der Waals surface area contributed by atoms with Gasteiger partial charge < -0.3 is 14.8 Å². The van der Waals surface area contributed by atoms with Crippen molar-refractivity contribution >= 4 is 43.9 Å². The average molecular weight is 495 g/mol. The van der Waals surface area contributed by atoms with Gasteiger partial charge in [-0.1, -0.05) is 6.07 Å². The van der Waals surface area contributed by atoms with E-state index >= 15 is 0 Å². The highest BCUT2D eigenvalue weighted by atomic mass is 32.2. The van der Waals surface area contributed by atoms with Gasteiger partial charge in [-0.25, -0.2) is 13.2 Å². The molecule has 0 bridgehead atoms. The first-order chi connectivity index (χ1) is 15.7. The summed E-state index contributed by atoms with van der Waals surface area (Å²) >= 11 is 1.44. The Kier molecular flexibility index (Phi) is 8.36. The fraction of sp³-hybridized carbons (Fsp3) is 0.478. The van der Waals surface area contributed by atoms with Crippen molar-refractivity contribution in [3.63, 3.8) is 0 Å². The molecular formula is C23H30N2O6S2. The van der Waals surface area contributed by atoms with Crippen molar-refractivity contribution in [1.82, 2.24) is 0 Å². The van der Waals surface area contributed by atoms with Gasteiger partial charge in [0.05, 0.1) is 31.2 Å². The zero-order chi connectivity index (χ0) is 24.0. The minimum Gasteiger partial charge on any atom is -0.497 e. The molecule has 1 aliphatic carbocycles. The monoisotopic (exact) mass is 494 g/mol. The number of benzene rings is 1. The third-order valence-electron chi connectivity index (χ3n) is 5.41. The quantitative estimate of drug-likeness (QED) is 0.501. The van der Waals surface area contributed by atoms with Crippen molar-refractivity contribution in [2.24, 2.45) is 0 Å². The highest BCUT2D eigenvalue weighted by molar-refractivity contribution is 7.92. The van der Waals surface area contributed by atoms with Crippen LogP contribution in [0.25, 0.3) is 0 Å². The van der Waals surface area contributed by atoms with Gasteiger partial charge >= 0.3 is 5.97 Å². The number of aryl methyl sites for hydroxylation is 1. The van der Waals surface area contributed by atoms with Gasteiger partial charge in [-0.2, -0.15) is 0 Å². The molecule has 1 aromatic carbocycles. The number of hydrogen-bond donors (Lipinski definition) is 1. The van der Waals surface area contributed by atoms with Crippen molar-refractivity contribution in [3.8, 4) is 5.75 Å². The number of nitrogens with zero attached hydrogens (tertiary/aromatic N) is 1. The van der Waals surface area contributed by atoms with Crippen LogP contribution in [-0.2, 0) is 32.4 Å². The standard InChI is InChI=1S/C23H30N2O6S2/c1-4-31-23(27)21-18-11-5-6-12-19(18)32-22(21)24-20(26)13-8-14-25(33(3,28)29)16-9-7-10-17(15-16)30-2/h7,9-10,15H,4-6,8,11-14H2,1-3H3,(H,24,26). The third-order valence-corrected chi connectivity index (χ3v) is 7.81. The Bertz CT molecular complexity index is 1110. The van der Waals surface area contributed by atoms with E-state index in [1.807, 2.05) is 0 Å². The van der Waals surface area contributed by atoms with E-state index < -0.39 is 16.0 Å². The Morgan fingerprint density at radius 2 is 1.97 bits per heavy atom. The summed E-state index contributed by atoms with van der Waals surface area (Å²) in [7, 11) is -2.02. The zero-order valence-electron chi connectivity index (χ0n) is 19.2. The lowest BCUT2D eigenvalue weighted by atomic mass is 9.95. The molecule has 1 heterocycles. The number of anilines is 2. The SMILES string of the molecule is CCOC(=O)c1c(NC(=O)CCCN(c2cccc(OC)c2)S(C)(=O)=O)sc2c1CCCC2. The molecule has 1 aliphatic rings. The number of sulfonamides is 1. The number of ether oxygens (including phenoxy) is 2. The number of amides is 1. The van der Waals surface area contributed by atoms with Crippen molar-refractivity contribution < 1.29 is 27.5 Å². The summed E-state index contributed by atoms with van der Waals surface area (Å²) in [4.78, 5) is 26.4. The first-order valence-corrected chi connectivity index (χ1v) is 13.6. The van der Waals surface area contributed by atoms with Crippen LogP contribution >= 0.6 is 11.3 Å². The molecule has 1 amide bonds. The number of carbonyl (C=O) groups is 2. The summed E-state index contributed by atoms with van der Waals surface area (Å²) in [6, 6.07) is 6.78. The van der Waals surface area contributed by atoms with Gasteiger partial charge in [0.15, 0.2) is 0 Å². The number of nitrogens with one attached hydrogen (secondary N) is 1. The van der Waals surface area contributed by atoms with Crippen molar-refractivity contribution in [2.75, 3.05) is 36.1 Å². The molecule has 0 fully saturated rings. The molecular weight excluding hydrogens is 464 g/mol. The van der Waals surface area contributed by atoms with Crippen LogP contribution in [0, 0.1) is 0 Å². The second-order valence-corrected chi connectivity index (χ2v) is 10.8. The predicted molar refractivity (Wildman–Crippen MR) is 130 cm³/mol. The normalized spacial score (nSPS) is 13.2. The lowest BCUT2D eigenvalue weighted by molar-refractivity contribution is -0.116. The molecule has 1 aromatic heterocycles. The number of carbonyl (C=O) groups excluding carboxylic acids is 2. The molecule has 1 N–H and O–H groups in total. The van der Waals surface area contributed by atoms with E-state index in [1.54, 1.807) is 31.2 Å². The number of methoxy groups -OCH3 is 1. The van der Waals surface area contributed by atoms with Gasteiger partial charge in [-0.15, -0.1) is 11.3 Å². The van der Waals surface area contributed by atoms with Gasteiger partial charge in [0.2, 0.25) is 15.9 Å². The second-order valence-electron chi connectivity index (χ2n) is 7.82. The lowest BCUT2D eigenvalue weighted by Crippen LogP contribution is -2.31. The van der Waals surface area contributed by atoms with Gasteiger partial charge in [0.25, 0.3) is 0 Å². The number of fused-ring (bicyclic) bond motifs is 1. The smallest absolute Gasteiger partial charge is 0.341 e. The van der Waals surface area contributed by atoms with E-state index in [9.17, 15) is 18.0 Å². The van der Waals surface area contributed by atoms with Crippen LogP contribution in [0.4, 0.5) is 10.7 Å². The van der Waals surface area contributed by atoms with E-state index in [-0.39, 0.29) is 25.5 Å². The van der Waals surface area contributed by atoms with Crippen LogP contribution in [0.2, 0.25) is 0 Å². The molecule has 10 heteroatoms. The summed E-state index contributed by atoms with van der Waals surface area (Å²) < 4.78 is 36.3. The molecule has 3 rings (SSSR count). The van der Waals surface area contributed by atoms with Gasteiger partial charge in [-0.3, -0.25) is 9.10 Å². The highest BCUT2D eigenvalue weighted by Crippen LogP contribution is 2.38. The topological polar surface area (TPSA) is 102 Å². The third kappa shape index (κ3) is 6.26. The summed E-state index contributed by atoms with van der Waals surface area (Å²) in [5.41, 5.74) is 1.94. The zero-order valence-corrected chi connectivity index (χ0v) is 20.8.